The van der Waals surface area contributed by atoms with Gasteiger partial charge in [-0.1, -0.05) is 12.1 Å². The van der Waals surface area contributed by atoms with Crippen molar-refractivity contribution in [2.24, 2.45) is 5.10 Å². The van der Waals surface area contributed by atoms with Crippen LogP contribution in [-0.4, -0.2) is 51.3 Å². The standard InChI is InChI=1S/C13H17N7OS/c1-10(16-17-13(22)14-6-7-21-2)11-4-3-5-12(8-11)20-9-15-18-19-20/h3-5,8-9H,6-7H2,1-2H3,(H2,14,17,22)/b16-10-. The van der Waals surface area contributed by atoms with Crippen LogP contribution in [-0.2, 0) is 4.74 Å². The average Bonchev–Trinajstić information content (AvgIpc) is 3.07. The number of nitrogens with zero attached hydrogens (tertiary/aromatic N) is 5. The highest BCUT2D eigenvalue weighted by Gasteiger charge is 2.02. The van der Waals surface area contributed by atoms with Gasteiger partial charge in [-0.05, 0) is 47.3 Å². The molecule has 0 saturated carbocycles. The molecule has 1 aromatic heterocycles. The van der Waals surface area contributed by atoms with E-state index in [-0.39, 0.29) is 0 Å². The van der Waals surface area contributed by atoms with Crippen molar-refractivity contribution in [3.63, 3.8) is 0 Å². The Hall–Kier alpha value is -2.39. The second kappa shape index (κ2) is 8.15. The largest absolute Gasteiger partial charge is 0.383 e. The predicted molar refractivity (Wildman–Crippen MR) is 87.0 cm³/mol. The summed E-state index contributed by atoms with van der Waals surface area (Å²) in [6.45, 7) is 3.10. The third kappa shape index (κ3) is 4.57. The molecule has 8 nitrogen and oxygen atoms in total. The van der Waals surface area contributed by atoms with Gasteiger partial charge in [-0.25, -0.2) is 4.68 Å². The first-order valence-electron chi connectivity index (χ1n) is 6.61. The Bertz CT molecular complexity index is 642. The van der Waals surface area contributed by atoms with Gasteiger partial charge in [0.2, 0.25) is 0 Å². The first kappa shape index (κ1) is 16.0. The van der Waals surface area contributed by atoms with E-state index in [1.54, 1.807) is 18.1 Å². The number of hydrogen-bond acceptors (Lipinski definition) is 6. The Morgan fingerprint density at radius 1 is 1.45 bits per heavy atom. The molecule has 1 aromatic carbocycles. The van der Waals surface area contributed by atoms with Gasteiger partial charge in [-0.15, -0.1) is 5.10 Å². The van der Waals surface area contributed by atoms with Gasteiger partial charge in [0.15, 0.2) is 5.11 Å². The minimum atomic E-state index is 0.452. The molecule has 1 heterocycles. The number of tetrazole rings is 1. The van der Waals surface area contributed by atoms with Crippen LogP contribution < -0.4 is 10.7 Å². The van der Waals surface area contributed by atoms with Crippen molar-refractivity contribution in [1.82, 2.24) is 30.9 Å². The Morgan fingerprint density at radius 3 is 3.05 bits per heavy atom. The van der Waals surface area contributed by atoms with Gasteiger partial charge in [0, 0.05) is 13.7 Å². The quantitative estimate of drug-likeness (QED) is 0.347. The number of thiocarbonyl (C=S) groups is 1. The Morgan fingerprint density at radius 2 is 2.32 bits per heavy atom. The fourth-order valence-corrected chi connectivity index (χ4v) is 1.81. The highest BCUT2D eigenvalue weighted by Crippen LogP contribution is 2.09. The molecular weight excluding hydrogens is 302 g/mol. The number of benzene rings is 1. The number of hydrogen-bond donors (Lipinski definition) is 2. The molecule has 0 aliphatic carbocycles. The van der Waals surface area contributed by atoms with Gasteiger partial charge in [0.1, 0.15) is 6.33 Å². The maximum absolute atomic E-state index is 5.11. The SMILES string of the molecule is COCCNC(=S)N/N=C(/C)c1cccc(-n2cnnn2)c1. The van der Waals surface area contributed by atoms with E-state index in [1.165, 1.54) is 0 Å². The summed E-state index contributed by atoms with van der Waals surface area (Å²) in [5.74, 6) is 0. The van der Waals surface area contributed by atoms with Crippen LogP contribution in [0, 0.1) is 0 Å². The molecule has 9 heteroatoms. The molecule has 0 bridgehead atoms. The summed E-state index contributed by atoms with van der Waals surface area (Å²) >= 11 is 5.11. The predicted octanol–water partition coefficient (Wildman–Crippen LogP) is 0.497. The number of hydrazone groups is 1. The number of nitrogens with one attached hydrogen (secondary N) is 2. The average molecular weight is 319 g/mol. The normalized spacial score (nSPS) is 11.3. The lowest BCUT2D eigenvalue weighted by molar-refractivity contribution is 0.204. The summed E-state index contributed by atoms with van der Waals surface area (Å²) in [7, 11) is 1.64. The molecule has 2 N–H and O–H groups in total. The summed E-state index contributed by atoms with van der Waals surface area (Å²) in [5, 5.41) is 18.8. The molecule has 2 rings (SSSR count). The molecule has 0 atom stereocenters. The first-order chi connectivity index (χ1) is 10.7. The van der Waals surface area contributed by atoms with Crippen LogP contribution >= 0.6 is 12.2 Å². The molecule has 0 fully saturated rings. The molecule has 0 spiro atoms. The van der Waals surface area contributed by atoms with Crippen LogP contribution in [0.15, 0.2) is 35.7 Å². The van der Waals surface area contributed by atoms with Gasteiger partial charge in [0.05, 0.1) is 18.0 Å². The van der Waals surface area contributed by atoms with E-state index in [1.807, 2.05) is 31.2 Å². The van der Waals surface area contributed by atoms with E-state index in [0.717, 1.165) is 17.0 Å². The number of methoxy groups -OCH3 is 1. The lowest BCUT2D eigenvalue weighted by atomic mass is 10.1. The van der Waals surface area contributed by atoms with Gasteiger partial charge in [-0.2, -0.15) is 5.10 Å². The van der Waals surface area contributed by atoms with Crippen LogP contribution in [0.3, 0.4) is 0 Å². The van der Waals surface area contributed by atoms with Gasteiger partial charge >= 0.3 is 0 Å². The van der Waals surface area contributed by atoms with Crippen molar-refractivity contribution in [2.45, 2.75) is 6.92 Å². The highest BCUT2D eigenvalue weighted by molar-refractivity contribution is 7.80. The van der Waals surface area contributed by atoms with Crippen molar-refractivity contribution in [3.05, 3.63) is 36.2 Å². The topological polar surface area (TPSA) is 89.2 Å². The summed E-state index contributed by atoms with van der Waals surface area (Å²) in [4.78, 5) is 0. The van der Waals surface area contributed by atoms with E-state index in [9.17, 15) is 0 Å². The van der Waals surface area contributed by atoms with Crippen molar-refractivity contribution in [2.75, 3.05) is 20.3 Å². The number of rotatable bonds is 6. The summed E-state index contributed by atoms with van der Waals surface area (Å²) in [5.41, 5.74) is 5.40. The fraction of sp³-hybridized carbons (Fsp3) is 0.308. The van der Waals surface area contributed by atoms with Gasteiger partial charge < -0.3 is 10.1 Å². The summed E-state index contributed by atoms with van der Waals surface area (Å²) in [6.07, 6.45) is 1.54. The lowest BCUT2D eigenvalue weighted by Gasteiger charge is -2.08. The molecule has 22 heavy (non-hydrogen) atoms. The minimum absolute atomic E-state index is 0.452. The van der Waals surface area contributed by atoms with Crippen LogP contribution in [0.2, 0.25) is 0 Å². The third-order valence-corrected chi connectivity index (χ3v) is 3.03. The van der Waals surface area contributed by atoms with E-state index in [4.69, 9.17) is 17.0 Å². The van der Waals surface area contributed by atoms with E-state index >= 15 is 0 Å². The number of aromatic nitrogens is 4. The fourth-order valence-electron chi connectivity index (χ4n) is 1.66. The second-order valence-electron chi connectivity index (χ2n) is 4.36. The Labute approximate surface area is 133 Å². The molecule has 0 saturated heterocycles. The monoisotopic (exact) mass is 319 g/mol. The number of ether oxygens (including phenoxy) is 1. The van der Waals surface area contributed by atoms with Crippen LogP contribution in [0.4, 0.5) is 0 Å². The summed E-state index contributed by atoms with van der Waals surface area (Å²) < 4.78 is 6.52. The minimum Gasteiger partial charge on any atom is -0.383 e. The highest BCUT2D eigenvalue weighted by atomic mass is 32.1. The Kier molecular flexibility index (Phi) is 5.92. The molecule has 0 aliphatic heterocycles. The van der Waals surface area contributed by atoms with Crippen LogP contribution in [0.5, 0.6) is 0 Å². The maximum atomic E-state index is 5.11. The van der Waals surface area contributed by atoms with Crippen molar-refractivity contribution < 1.29 is 4.74 Å². The molecular formula is C13H17N7OS. The maximum Gasteiger partial charge on any atom is 0.187 e. The first-order valence-corrected chi connectivity index (χ1v) is 7.02. The second-order valence-corrected chi connectivity index (χ2v) is 4.77. The van der Waals surface area contributed by atoms with E-state index < -0.39 is 0 Å². The summed E-state index contributed by atoms with van der Waals surface area (Å²) in [6, 6.07) is 7.73. The Balaban J connectivity index is 2.00. The van der Waals surface area contributed by atoms with Crippen LogP contribution in [0.1, 0.15) is 12.5 Å². The molecule has 0 aliphatic rings. The lowest BCUT2D eigenvalue weighted by Crippen LogP contribution is -2.34. The molecule has 116 valence electrons. The zero-order valence-corrected chi connectivity index (χ0v) is 13.2. The van der Waals surface area contributed by atoms with Crippen molar-refractivity contribution in [3.8, 4) is 5.69 Å². The molecule has 2 aromatic rings. The van der Waals surface area contributed by atoms with Crippen LogP contribution in [0.25, 0.3) is 5.69 Å². The van der Waals surface area contributed by atoms with Crippen molar-refractivity contribution >= 4 is 23.0 Å². The van der Waals surface area contributed by atoms with E-state index in [2.05, 4.69) is 31.4 Å². The smallest absolute Gasteiger partial charge is 0.187 e. The van der Waals surface area contributed by atoms with Gasteiger partial charge in [-0.3, -0.25) is 5.43 Å². The molecule has 0 unspecified atom stereocenters. The zero-order chi connectivity index (χ0) is 15.8. The van der Waals surface area contributed by atoms with Crippen molar-refractivity contribution in [1.29, 1.82) is 0 Å². The van der Waals surface area contributed by atoms with E-state index in [0.29, 0.717) is 18.3 Å². The molecule has 0 amide bonds. The zero-order valence-electron chi connectivity index (χ0n) is 12.4. The third-order valence-electron chi connectivity index (χ3n) is 2.79. The molecule has 0 radical (unpaired) electrons. The van der Waals surface area contributed by atoms with Gasteiger partial charge in [0.25, 0.3) is 0 Å².